The van der Waals surface area contributed by atoms with Crippen molar-refractivity contribution < 1.29 is 57.2 Å². The molecule has 0 fully saturated rings. The third-order valence-corrected chi connectivity index (χ3v) is 12.6. The maximum absolute atomic E-state index is 14.1. The van der Waals surface area contributed by atoms with E-state index in [-0.39, 0.29) is 62.4 Å². The molecule has 0 saturated heterocycles. The van der Waals surface area contributed by atoms with Crippen molar-refractivity contribution >= 4 is 43.8 Å². The van der Waals surface area contributed by atoms with Crippen LogP contribution in [0.25, 0.3) is 66.1 Å². The van der Waals surface area contributed by atoms with Crippen molar-refractivity contribution in [3.63, 3.8) is 0 Å². The number of halogens is 8. The molecule has 376 valence electrons. The average molecular weight is 1070 g/mol. The molecule has 0 spiro atoms. The summed E-state index contributed by atoms with van der Waals surface area (Å²) < 4.78 is 146. The average Bonchev–Trinajstić information content (AvgIpc) is 4.20. The molecule has 1 N–H and O–H groups in total. The van der Waals surface area contributed by atoms with Crippen molar-refractivity contribution in [1.29, 1.82) is 0 Å². The molecule has 4 aromatic heterocycles. The molecule has 8 aromatic rings. The molecule has 0 atom stereocenters. The number of benzene rings is 4. The second-order valence-corrected chi connectivity index (χ2v) is 19.0. The summed E-state index contributed by atoms with van der Waals surface area (Å²) in [6.07, 6.45) is -1.88. The number of hydrogen-bond donors (Lipinski definition) is 1. The van der Waals surface area contributed by atoms with E-state index in [1.165, 1.54) is 56.9 Å². The normalized spacial score (nSPS) is 11.8. The molecule has 0 radical (unpaired) electrons. The van der Waals surface area contributed by atoms with Gasteiger partial charge in [-0.2, -0.15) is 34.8 Å². The molecular weight excluding hydrogens is 1030 g/mol. The number of aromatic amines is 1. The fraction of sp³-hybridized carbons (Fsp3) is 0.149. The van der Waals surface area contributed by atoms with Crippen molar-refractivity contribution in [2.45, 2.75) is 25.5 Å². The van der Waals surface area contributed by atoms with Crippen molar-refractivity contribution in [2.75, 3.05) is 20.5 Å². The first-order valence-corrected chi connectivity index (χ1v) is 24.3. The van der Waals surface area contributed by atoms with Crippen LogP contribution in [0, 0.1) is 11.6 Å². The molecule has 6 heterocycles. The number of methoxy groups -OCH3 is 2. The van der Waals surface area contributed by atoms with Crippen molar-refractivity contribution in [2.24, 2.45) is 0 Å². The van der Waals surface area contributed by atoms with E-state index >= 15 is 0 Å². The zero-order chi connectivity index (χ0) is 52.1. The lowest BCUT2D eigenvalue weighted by atomic mass is 10.1. The Morgan fingerprint density at radius 2 is 1.23 bits per heavy atom. The molecule has 0 aliphatic carbocycles. The number of rotatable bonds is 11. The van der Waals surface area contributed by atoms with E-state index in [0.29, 0.717) is 38.9 Å². The molecule has 73 heavy (non-hydrogen) atoms. The van der Waals surface area contributed by atoms with Crippen LogP contribution in [0.5, 0.6) is 11.5 Å². The minimum Gasteiger partial charge on any atom is -0.497 e. The number of hydrogen-bond acceptors (Lipinski definition) is 15. The van der Waals surface area contributed by atoms with Gasteiger partial charge in [-0.15, -0.1) is 20.4 Å². The van der Waals surface area contributed by atoms with Crippen LogP contribution in [0.15, 0.2) is 122 Å². The van der Waals surface area contributed by atoms with Crippen molar-refractivity contribution in [3.05, 3.63) is 155 Å². The van der Waals surface area contributed by atoms with E-state index in [9.17, 15) is 43.5 Å². The number of nitrogens with one attached hydrogen (secondary N) is 1. The summed E-state index contributed by atoms with van der Waals surface area (Å²) in [6.45, 7) is -0.145. The van der Waals surface area contributed by atoms with Gasteiger partial charge in [0.15, 0.2) is 0 Å². The highest BCUT2D eigenvalue weighted by atomic mass is 32.2. The second-order valence-electron chi connectivity index (χ2n) is 15.2. The van der Waals surface area contributed by atoms with Gasteiger partial charge in [-0.3, -0.25) is 4.18 Å². The molecule has 2 aliphatic rings. The van der Waals surface area contributed by atoms with Gasteiger partial charge in [0.1, 0.15) is 61.8 Å². The van der Waals surface area contributed by atoms with Gasteiger partial charge in [-0.25, -0.2) is 28.7 Å². The highest BCUT2D eigenvalue weighted by Gasteiger charge is 2.36. The summed E-state index contributed by atoms with van der Waals surface area (Å²) in [4.78, 5) is 19.9. The third kappa shape index (κ3) is 12.6. The summed E-state index contributed by atoms with van der Waals surface area (Å²) in [5.41, 5.74) is 2.86. The molecule has 26 heteroatoms. The number of H-pyrrole nitrogens is 1. The van der Waals surface area contributed by atoms with Crippen LogP contribution in [0.3, 0.4) is 0 Å². The monoisotopic (exact) mass is 1070 g/mol. The lowest BCUT2D eigenvalue weighted by Crippen LogP contribution is -2.07. The first kappa shape index (κ1) is 51.5. The Bertz CT molecular complexity index is 3590. The largest absolute Gasteiger partial charge is 0.497 e. The lowest BCUT2D eigenvalue weighted by molar-refractivity contribution is -0.138. The zero-order valence-corrected chi connectivity index (χ0v) is 40.2. The highest BCUT2D eigenvalue weighted by molar-refractivity contribution is 7.85. The van der Waals surface area contributed by atoms with Crippen LogP contribution in [-0.4, -0.2) is 78.8 Å². The maximum atomic E-state index is 14.1. The summed E-state index contributed by atoms with van der Waals surface area (Å²) >= 11 is 1.87. The summed E-state index contributed by atoms with van der Waals surface area (Å²) in [6, 6.07) is 23.7. The van der Waals surface area contributed by atoms with E-state index in [0.717, 1.165) is 52.1 Å². The smallest absolute Gasteiger partial charge is 0.417 e. The number of aromatic nitrogens is 10. The standard InChI is InChI=1S/C23H15F4N5OS.C12H11F3N2O4S2.C12H8FN3/c1-33-13-6-7-14(16(8-13)23(25,26)27)22-31-30-21(34-22)11-32-10-20-19(28-12-32)9-18(29-20)15-4-2-3-5-17(15)24;1-20-7-3-4-8(9(5-7)12(13,14)15)11-17-16-10(22-11)6-21-23(2,18)19;13-9-4-2-1-3-8(9)10-5-11-12(16-10)6-14-7-15-11/h2-10,12H,11H2,1H3;3-5H,6H2,1-2H3;1-7,16H. The van der Waals surface area contributed by atoms with Crippen LogP contribution >= 0.6 is 22.7 Å². The number of nitrogens with zero attached hydrogens (tertiary/aromatic N) is 9. The highest BCUT2D eigenvalue weighted by Crippen LogP contribution is 2.42. The molecule has 0 unspecified atom stereocenters. The van der Waals surface area contributed by atoms with E-state index in [1.807, 2.05) is 6.07 Å². The predicted octanol–water partition coefficient (Wildman–Crippen LogP) is 11.3. The quantitative estimate of drug-likeness (QED) is 0.0953. The Labute approximate surface area is 416 Å². The Balaban J connectivity index is 0.000000157. The molecule has 4 aromatic carbocycles. The summed E-state index contributed by atoms with van der Waals surface area (Å²) in [7, 11) is -1.10. The Hall–Kier alpha value is -7.81. The summed E-state index contributed by atoms with van der Waals surface area (Å²) in [5.74, 6) is -0.461. The van der Waals surface area contributed by atoms with Crippen LogP contribution in [0.4, 0.5) is 35.1 Å². The van der Waals surface area contributed by atoms with Crippen LogP contribution < -0.4 is 9.47 Å². The maximum Gasteiger partial charge on any atom is 0.417 e. The predicted molar refractivity (Wildman–Crippen MR) is 254 cm³/mol. The topological polar surface area (TPSA) is 186 Å². The third-order valence-electron chi connectivity index (χ3n) is 10.2. The molecule has 10 rings (SSSR count). The van der Waals surface area contributed by atoms with Crippen LogP contribution in [0.2, 0.25) is 0 Å². The number of alkyl halides is 6. The van der Waals surface area contributed by atoms with Crippen LogP contribution in [0.1, 0.15) is 21.1 Å². The molecule has 2 aliphatic heterocycles. The summed E-state index contributed by atoms with van der Waals surface area (Å²) in [5, 5.41) is 16.1. The fourth-order valence-corrected chi connectivity index (χ4v) is 8.92. The van der Waals surface area contributed by atoms with E-state index in [2.05, 4.69) is 49.5 Å². The second kappa shape index (κ2) is 21.5. The lowest BCUT2D eigenvalue weighted by Gasteiger charge is -2.12. The minimum atomic E-state index is -4.60. The van der Waals surface area contributed by atoms with Gasteiger partial charge >= 0.3 is 12.4 Å². The Morgan fingerprint density at radius 1 is 0.658 bits per heavy atom. The van der Waals surface area contributed by atoms with Gasteiger partial charge in [0.25, 0.3) is 10.1 Å². The first-order chi connectivity index (χ1) is 34.8. The first-order valence-electron chi connectivity index (χ1n) is 20.9. The van der Waals surface area contributed by atoms with Gasteiger partial charge in [0, 0.05) is 28.5 Å². The number of ether oxygens (including phenoxy) is 2. The molecular formula is C47H34F8N10O5S3. The van der Waals surface area contributed by atoms with Crippen LogP contribution in [-0.2, 0) is 39.8 Å². The molecule has 15 nitrogen and oxygen atoms in total. The van der Waals surface area contributed by atoms with Gasteiger partial charge in [0.2, 0.25) is 0 Å². The van der Waals surface area contributed by atoms with Crippen molar-refractivity contribution in [3.8, 4) is 66.5 Å². The van der Waals surface area contributed by atoms with Gasteiger partial charge in [0.05, 0.1) is 78.8 Å². The van der Waals surface area contributed by atoms with Gasteiger partial charge < -0.3 is 19.0 Å². The SMILES string of the molecule is COc1ccc(-c2nnc(COS(C)(=O)=O)s2)c(C(F)(F)F)c1.COc1ccc(-c2nnc(Cn3cnc4cc(-c5ccccc5F)nc-4c3)s2)c(C(F)(F)F)c1.Fc1ccccc1-c1cc2ncncc2[nH]1. The Morgan fingerprint density at radius 3 is 1.79 bits per heavy atom. The fourth-order valence-electron chi connectivity index (χ4n) is 6.84. The number of fused-ring (bicyclic) bond motifs is 2. The molecule has 0 saturated carbocycles. The van der Waals surface area contributed by atoms with Gasteiger partial charge in [-0.05, 0) is 72.8 Å². The van der Waals surface area contributed by atoms with E-state index in [4.69, 9.17) is 9.47 Å². The molecule has 0 bridgehead atoms. The zero-order valence-electron chi connectivity index (χ0n) is 37.8. The Kier molecular flexibility index (Phi) is 15.2. The minimum absolute atomic E-state index is 0.00655. The van der Waals surface area contributed by atoms with Crippen molar-refractivity contribution in [1.82, 2.24) is 49.9 Å². The van der Waals surface area contributed by atoms with E-state index < -0.39 is 33.6 Å². The molecule has 0 amide bonds. The van der Waals surface area contributed by atoms with E-state index in [1.54, 1.807) is 65.8 Å². The van der Waals surface area contributed by atoms with Gasteiger partial charge in [-0.1, -0.05) is 46.9 Å².